The van der Waals surface area contributed by atoms with Crippen LogP contribution >= 0.6 is 11.6 Å². The number of fused-ring (bicyclic) bond motifs is 1. The average molecular weight is 402 g/mol. The molecule has 2 unspecified atom stereocenters. The molecule has 150 valence electrons. The van der Waals surface area contributed by atoms with E-state index in [4.69, 9.17) is 21.3 Å². The predicted octanol–water partition coefficient (Wildman–Crippen LogP) is 4.23. The van der Waals surface area contributed by atoms with Crippen molar-refractivity contribution in [1.29, 1.82) is 0 Å². The van der Waals surface area contributed by atoms with Gasteiger partial charge in [0.15, 0.2) is 0 Å². The van der Waals surface area contributed by atoms with Gasteiger partial charge in [0.2, 0.25) is 0 Å². The zero-order valence-corrected chi connectivity index (χ0v) is 17.4. The first kappa shape index (κ1) is 19.5. The van der Waals surface area contributed by atoms with Gasteiger partial charge in [0, 0.05) is 29.8 Å². The Hall–Kier alpha value is -1.82. The number of para-hydroxylation sites is 1. The van der Waals surface area contributed by atoms with Gasteiger partial charge in [-0.25, -0.2) is 4.98 Å². The van der Waals surface area contributed by atoms with Crippen LogP contribution in [0, 0.1) is 0 Å². The van der Waals surface area contributed by atoms with E-state index in [2.05, 4.69) is 30.8 Å². The molecule has 6 heteroatoms. The Kier molecular flexibility index (Phi) is 5.25. The fourth-order valence-electron chi connectivity index (χ4n) is 4.00. The smallest absolute Gasteiger partial charge is 0.144 e. The van der Waals surface area contributed by atoms with E-state index in [9.17, 15) is 5.11 Å². The number of rotatable bonds is 4. The van der Waals surface area contributed by atoms with Crippen molar-refractivity contribution < 1.29 is 9.84 Å². The highest BCUT2D eigenvalue weighted by Gasteiger charge is 2.37. The number of allylic oxidation sites excluding steroid dienone is 1. The maximum absolute atomic E-state index is 10.5. The lowest BCUT2D eigenvalue weighted by Crippen LogP contribution is -2.35. The molecule has 0 spiro atoms. The summed E-state index contributed by atoms with van der Waals surface area (Å²) in [5.41, 5.74) is 2.38. The molecule has 0 saturated carbocycles. The van der Waals surface area contributed by atoms with Gasteiger partial charge in [0.25, 0.3) is 0 Å². The maximum Gasteiger partial charge on any atom is 0.144 e. The van der Waals surface area contributed by atoms with Crippen molar-refractivity contribution in [3.05, 3.63) is 53.1 Å². The van der Waals surface area contributed by atoms with Gasteiger partial charge in [-0.1, -0.05) is 38.1 Å². The van der Waals surface area contributed by atoms with E-state index in [1.54, 1.807) is 6.07 Å². The number of aromatic hydroxyl groups is 1. The summed E-state index contributed by atoms with van der Waals surface area (Å²) < 4.78 is 6.53. The van der Waals surface area contributed by atoms with E-state index >= 15 is 0 Å². The van der Waals surface area contributed by atoms with Gasteiger partial charge in [-0.15, -0.1) is 11.6 Å². The lowest BCUT2D eigenvalue weighted by molar-refractivity contribution is -0.0273. The summed E-state index contributed by atoms with van der Waals surface area (Å²) in [4.78, 5) is 10.6. The zero-order valence-electron chi connectivity index (χ0n) is 16.7. The summed E-state index contributed by atoms with van der Waals surface area (Å²) in [6.45, 7) is 6.25. The fraction of sp³-hybridized carbons (Fsp3) is 0.500. The molecule has 0 radical (unpaired) electrons. The van der Waals surface area contributed by atoms with Crippen molar-refractivity contribution in [3.63, 3.8) is 0 Å². The quantitative estimate of drug-likeness (QED) is 0.752. The van der Waals surface area contributed by atoms with E-state index in [1.807, 2.05) is 30.4 Å². The van der Waals surface area contributed by atoms with Gasteiger partial charge in [0.05, 0.1) is 17.2 Å². The van der Waals surface area contributed by atoms with Crippen LogP contribution in [0.25, 0.3) is 6.08 Å². The van der Waals surface area contributed by atoms with Gasteiger partial charge in [-0.2, -0.15) is 0 Å². The molecule has 2 aliphatic rings. The van der Waals surface area contributed by atoms with Crippen molar-refractivity contribution in [2.75, 3.05) is 20.1 Å². The molecule has 5 nitrogen and oxygen atoms in total. The summed E-state index contributed by atoms with van der Waals surface area (Å²) in [5.74, 6) is 0.939. The molecule has 1 aliphatic carbocycles. The average Bonchev–Trinajstić information content (AvgIpc) is 3.11. The molecule has 1 aromatic heterocycles. The molecule has 2 heterocycles. The van der Waals surface area contributed by atoms with E-state index < -0.39 is 6.10 Å². The summed E-state index contributed by atoms with van der Waals surface area (Å²) in [6.07, 6.45) is 5.58. The second-order valence-corrected chi connectivity index (χ2v) is 8.91. The summed E-state index contributed by atoms with van der Waals surface area (Å²) in [6, 6.07) is 7.34. The van der Waals surface area contributed by atoms with Crippen molar-refractivity contribution in [2.24, 2.45) is 0 Å². The minimum absolute atomic E-state index is 0.105. The Morgan fingerprint density at radius 1 is 1.29 bits per heavy atom. The number of halogens is 1. The van der Waals surface area contributed by atoms with Crippen LogP contribution in [0.15, 0.2) is 30.3 Å². The highest BCUT2D eigenvalue weighted by atomic mass is 35.5. The van der Waals surface area contributed by atoms with Crippen LogP contribution in [0.3, 0.4) is 0 Å². The molecule has 2 atom stereocenters. The second-order valence-electron chi connectivity index (χ2n) is 8.44. The number of aromatic amines is 1. The lowest BCUT2D eigenvalue weighted by atomic mass is 9.81. The monoisotopic (exact) mass is 401 g/mol. The number of nitrogens with zero attached hydrogens (tertiary/aromatic N) is 2. The number of phenolic OH excluding ortho intramolecular Hbond substituents is 1. The largest absolute Gasteiger partial charge is 0.508 e. The lowest BCUT2D eigenvalue weighted by Gasteiger charge is -2.32. The minimum Gasteiger partial charge on any atom is -0.508 e. The van der Waals surface area contributed by atoms with Gasteiger partial charge < -0.3 is 19.7 Å². The van der Waals surface area contributed by atoms with Crippen molar-refractivity contribution in [1.82, 2.24) is 14.9 Å². The standard InChI is InChI=1S/C22H28ClN3O2/c1-22(2)18(23)9-8-16-20(22)25-21(24-16)19(15-6-4-5-7-17(15)27)28-14-10-12-26(3)13-11-14/h4-9,14,18-19,27H,10-13H2,1-3H3,(H,24,25). The molecule has 28 heavy (non-hydrogen) atoms. The van der Waals surface area contributed by atoms with Crippen LogP contribution < -0.4 is 0 Å². The number of phenols is 1. The van der Waals surface area contributed by atoms with Gasteiger partial charge >= 0.3 is 0 Å². The van der Waals surface area contributed by atoms with Crippen LogP contribution in [-0.4, -0.2) is 51.6 Å². The molecule has 1 saturated heterocycles. The molecule has 2 aromatic rings. The van der Waals surface area contributed by atoms with E-state index in [1.165, 1.54) is 0 Å². The van der Waals surface area contributed by atoms with Gasteiger partial charge in [-0.05, 0) is 32.0 Å². The number of benzene rings is 1. The number of H-pyrrole nitrogens is 1. The Morgan fingerprint density at radius 3 is 2.71 bits per heavy atom. The number of piperidine rings is 1. The molecule has 1 aromatic carbocycles. The normalized spacial score (nSPS) is 23.5. The first-order chi connectivity index (χ1) is 13.4. The summed E-state index contributed by atoms with van der Waals surface area (Å²) in [7, 11) is 2.13. The third kappa shape index (κ3) is 3.59. The van der Waals surface area contributed by atoms with Crippen LogP contribution in [-0.2, 0) is 10.2 Å². The number of hydrogen-bond acceptors (Lipinski definition) is 4. The molecule has 0 amide bonds. The molecule has 0 bridgehead atoms. The maximum atomic E-state index is 10.5. The molecular weight excluding hydrogens is 374 g/mol. The van der Waals surface area contributed by atoms with Crippen LogP contribution in [0.5, 0.6) is 5.75 Å². The number of hydrogen-bond donors (Lipinski definition) is 2. The van der Waals surface area contributed by atoms with Crippen molar-refractivity contribution >= 4 is 17.7 Å². The number of alkyl halides is 1. The number of aromatic nitrogens is 2. The third-order valence-corrected chi connectivity index (χ3v) is 6.66. The summed E-state index contributed by atoms with van der Waals surface area (Å²) in [5, 5.41) is 10.4. The van der Waals surface area contributed by atoms with Crippen molar-refractivity contribution in [3.8, 4) is 5.75 Å². The van der Waals surface area contributed by atoms with Crippen molar-refractivity contribution in [2.45, 2.75) is 49.7 Å². The van der Waals surface area contributed by atoms with E-state index in [0.29, 0.717) is 5.82 Å². The van der Waals surface area contributed by atoms with E-state index in [0.717, 1.165) is 42.9 Å². The Balaban J connectivity index is 1.71. The van der Waals surface area contributed by atoms with Crippen LogP contribution in [0.2, 0.25) is 0 Å². The Labute approximate surface area is 171 Å². The SMILES string of the molecule is CN1CCC(OC(c2nc3c([nH]2)C(C)(C)C(Cl)C=C3)c2ccccc2O)CC1. The third-order valence-electron chi connectivity index (χ3n) is 5.97. The molecular formula is C22H28ClN3O2. The fourth-order valence-corrected chi connectivity index (χ4v) is 4.19. The van der Waals surface area contributed by atoms with E-state index in [-0.39, 0.29) is 22.6 Å². The molecule has 4 rings (SSSR count). The second kappa shape index (κ2) is 7.54. The molecule has 1 aliphatic heterocycles. The van der Waals surface area contributed by atoms with Gasteiger partial charge in [-0.3, -0.25) is 0 Å². The minimum atomic E-state index is -0.446. The topological polar surface area (TPSA) is 61.4 Å². The summed E-state index contributed by atoms with van der Waals surface area (Å²) >= 11 is 6.53. The number of imidazole rings is 1. The van der Waals surface area contributed by atoms with Gasteiger partial charge in [0.1, 0.15) is 17.7 Å². The Morgan fingerprint density at radius 2 is 2.00 bits per heavy atom. The highest BCUT2D eigenvalue weighted by Crippen LogP contribution is 2.40. The van der Waals surface area contributed by atoms with Crippen LogP contribution in [0.4, 0.5) is 0 Å². The predicted molar refractivity (Wildman–Crippen MR) is 112 cm³/mol. The number of ether oxygens (including phenoxy) is 1. The Bertz CT molecular complexity index is 868. The molecule has 2 N–H and O–H groups in total. The van der Waals surface area contributed by atoms with Crippen LogP contribution in [0.1, 0.15) is 55.6 Å². The first-order valence-electron chi connectivity index (χ1n) is 9.91. The number of likely N-dealkylation sites (tertiary alicyclic amines) is 1. The zero-order chi connectivity index (χ0) is 19.9. The molecule has 1 fully saturated rings. The number of nitrogens with one attached hydrogen (secondary N) is 1. The highest BCUT2D eigenvalue weighted by molar-refractivity contribution is 6.23. The first-order valence-corrected chi connectivity index (χ1v) is 10.3.